The van der Waals surface area contributed by atoms with Gasteiger partial charge in [-0.3, -0.25) is 4.52 Å². The van der Waals surface area contributed by atoms with Gasteiger partial charge in [0.05, 0.1) is 6.61 Å². The molecule has 4 N–H and O–H groups in total. The van der Waals surface area contributed by atoms with Gasteiger partial charge in [-0.2, -0.15) is 0 Å². The third-order valence-corrected chi connectivity index (χ3v) is 2.83. The second kappa shape index (κ2) is 15.1. The zero-order chi connectivity index (χ0) is 14.3. The zero-order valence-corrected chi connectivity index (χ0v) is 12.7. The van der Waals surface area contributed by atoms with E-state index in [-0.39, 0.29) is 6.61 Å². The summed E-state index contributed by atoms with van der Waals surface area (Å²) in [5.41, 5.74) is 5.34. The molecule has 112 valence electrons. The molecule has 5 nitrogen and oxygen atoms in total. The van der Waals surface area contributed by atoms with Crippen molar-refractivity contribution in [1.29, 1.82) is 0 Å². The fourth-order valence-corrected chi connectivity index (χ4v) is 1.62. The van der Waals surface area contributed by atoms with E-state index in [9.17, 15) is 4.57 Å². The molecule has 0 saturated heterocycles. The van der Waals surface area contributed by atoms with Crippen LogP contribution >= 0.6 is 7.82 Å². The second-order valence-corrected chi connectivity index (χ2v) is 5.47. The maximum absolute atomic E-state index is 9.98. The Morgan fingerprint density at radius 1 is 0.944 bits per heavy atom. The first-order valence-corrected chi connectivity index (χ1v) is 8.41. The van der Waals surface area contributed by atoms with Gasteiger partial charge in [0.1, 0.15) is 0 Å². The van der Waals surface area contributed by atoms with E-state index in [1.165, 1.54) is 38.5 Å². The van der Waals surface area contributed by atoms with Crippen LogP contribution in [0.2, 0.25) is 0 Å². The molecule has 0 radical (unpaired) electrons. The first kappa shape index (κ1) is 20.4. The lowest BCUT2D eigenvalue weighted by Crippen LogP contribution is -1.97. The Balaban J connectivity index is 0. The van der Waals surface area contributed by atoms with Crippen molar-refractivity contribution in [2.75, 3.05) is 13.2 Å². The summed E-state index contributed by atoms with van der Waals surface area (Å²) < 4.78 is 14.1. The number of phosphoric acid groups is 1. The zero-order valence-electron chi connectivity index (χ0n) is 11.8. The van der Waals surface area contributed by atoms with Gasteiger partial charge < -0.3 is 15.5 Å². The molecule has 0 heterocycles. The Bertz CT molecular complexity index is 191. The third-order valence-electron chi connectivity index (χ3n) is 2.32. The average Bonchev–Trinajstić information content (AvgIpc) is 2.29. The molecule has 0 aliphatic heterocycles. The van der Waals surface area contributed by atoms with Crippen molar-refractivity contribution in [3.05, 3.63) is 0 Å². The van der Waals surface area contributed by atoms with Crippen molar-refractivity contribution in [2.24, 2.45) is 5.73 Å². The molecule has 0 rings (SSSR count). The van der Waals surface area contributed by atoms with E-state index in [4.69, 9.17) is 15.5 Å². The number of nitrogens with two attached hydrogens (primary N) is 1. The van der Waals surface area contributed by atoms with E-state index in [0.717, 1.165) is 13.0 Å². The summed E-state index contributed by atoms with van der Waals surface area (Å²) in [4.78, 5) is 16.3. The molecule has 0 saturated carbocycles. The molecule has 0 aromatic heterocycles. The minimum atomic E-state index is -4.20. The molecule has 0 atom stereocenters. The summed E-state index contributed by atoms with van der Waals surface area (Å²) in [6.45, 7) is 5.17. The molecule has 0 aliphatic carbocycles. The lowest BCUT2D eigenvalue weighted by molar-refractivity contribution is 0.194. The number of hydrogen-bond acceptors (Lipinski definition) is 3. The normalized spacial score (nSPS) is 10.9. The third kappa shape index (κ3) is 25.1. The van der Waals surface area contributed by atoms with Crippen LogP contribution in [-0.4, -0.2) is 22.9 Å². The fraction of sp³-hybridized carbons (Fsp3) is 1.00. The maximum Gasteiger partial charge on any atom is 0.469 e. The molecule has 0 aromatic rings. The number of hydrogen-bond donors (Lipinski definition) is 3. The molecule has 0 spiro atoms. The number of phosphoric ester groups is 1. The highest BCUT2D eigenvalue weighted by atomic mass is 31.2. The average molecular weight is 283 g/mol. The van der Waals surface area contributed by atoms with E-state index in [0.29, 0.717) is 6.42 Å². The van der Waals surface area contributed by atoms with E-state index < -0.39 is 7.82 Å². The monoisotopic (exact) mass is 283 g/mol. The Hall–Kier alpha value is 0.0700. The van der Waals surface area contributed by atoms with Gasteiger partial charge in [0.2, 0.25) is 0 Å². The minimum Gasteiger partial charge on any atom is -0.330 e. The van der Waals surface area contributed by atoms with Gasteiger partial charge in [0.25, 0.3) is 0 Å². The van der Waals surface area contributed by atoms with Crippen LogP contribution in [0.15, 0.2) is 0 Å². The molecular formula is C12H30NO4P. The van der Waals surface area contributed by atoms with E-state index >= 15 is 0 Å². The van der Waals surface area contributed by atoms with Crippen LogP contribution in [0.5, 0.6) is 0 Å². The van der Waals surface area contributed by atoms with Crippen molar-refractivity contribution in [3.8, 4) is 0 Å². The predicted octanol–water partition coefficient (Wildman–Crippen LogP) is 3.20. The lowest BCUT2D eigenvalue weighted by Gasteiger charge is -2.02. The van der Waals surface area contributed by atoms with E-state index in [1.54, 1.807) is 0 Å². The topological polar surface area (TPSA) is 92.8 Å². The van der Waals surface area contributed by atoms with Gasteiger partial charge in [-0.05, 0) is 19.4 Å². The second-order valence-electron chi connectivity index (χ2n) is 4.23. The highest BCUT2D eigenvalue weighted by Gasteiger charge is 2.11. The molecule has 18 heavy (non-hydrogen) atoms. The van der Waals surface area contributed by atoms with E-state index in [1.807, 2.05) is 6.92 Å². The summed E-state index contributed by atoms with van der Waals surface area (Å²) in [5, 5.41) is 0. The van der Waals surface area contributed by atoms with Crippen LogP contribution in [0.3, 0.4) is 0 Å². The Morgan fingerprint density at radius 2 is 1.44 bits per heavy atom. The minimum absolute atomic E-state index is 0.140. The number of unbranched alkanes of at least 4 members (excludes halogenated alkanes) is 6. The molecular weight excluding hydrogens is 253 g/mol. The molecule has 6 heteroatoms. The SMILES string of the molecule is CCCCCCCCN.CCCCOP(=O)(O)O. The van der Waals surface area contributed by atoms with E-state index in [2.05, 4.69) is 11.4 Å². The quantitative estimate of drug-likeness (QED) is 0.423. The Kier molecular flexibility index (Phi) is 17.1. The van der Waals surface area contributed by atoms with Crippen LogP contribution in [0.25, 0.3) is 0 Å². The number of rotatable bonds is 10. The van der Waals surface area contributed by atoms with Gasteiger partial charge in [-0.15, -0.1) is 0 Å². The standard InChI is InChI=1S/C8H19N.C4H11O4P/c1-2-3-4-5-6-7-8-9;1-2-3-4-8-9(5,6)7/h2-9H2,1H3;2-4H2,1H3,(H2,5,6,7). The van der Waals surface area contributed by atoms with Crippen LogP contribution in [0, 0.1) is 0 Å². The summed E-state index contributed by atoms with van der Waals surface area (Å²) in [7, 11) is -4.20. The van der Waals surface area contributed by atoms with Crippen LogP contribution < -0.4 is 5.73 Å². The van der Waals surface area contributed by atoms with Gasteiger partial charge in [-0.1, -0.05) is 52.4 Å². The van der Waals surface area contributed by atoms with Crippen molar-refractivity contribution in [2.45, 2.75) is 65.2 Å². The van der Waals surface area contributed by atoms with Crippen molar-refractivity contribution in [3.63, 3.8) is 0 Å². The molecule has 0 bridgehead atoms. The smallest absolute Gasteiger partial charge is 0.330 e. The Labute approximate surface area is 111 Å². The summed E-state index contributed by atoms with van der Waals surface area (Å²) in [6, 6.07) is 0. The summed E-state index contributed by atoms with van der Waals surface area (Å²) in [6.07, 6.45) is 9.61. The predicted molar refractivity (Wildman–Crippen MR) is 75.3 cm³/mol. The van der Waals surface area contributed by atoms with Crippen molar-refractivity contribution < 1.29 is 18.9 Å². The molecule has 0 fully saturated rings. The van der Waals surface area contributed by atoms with Gasteiger partial charge >= 0.3 is 7.82 Å². The first-order valence-electron chi connectivity index (χ1n) is 6.88. The molecule has 0 aliphatic rings. The molecule has 0 aromatic carbocycles. The van der Waals surface area contributed by atoms with Crippen LogP contribution in [0.1, 0.15) is 65.2 Å². The first-order chi connectivity index (χ1) is 8.47. The fourth-order valence-electron chi connectivity index (χ4n) is 1.25. The van der Waals surface area contributed by atoms with Crippen molar-refractivity contribution >= 4 is 7.82 Å². The maximum atomic E-state index is 9.98. The van der Waals surface area contributed by atoms with Gasteiger partial charge in [0.15, 0.2) is 0 Å². The summed E-state index contributed by atoms with van der Waals surface area (Å²) in [5.74, 6) is 0. The van der Waals surface area contributed by atoms with Crippen molar-refractivity contribution in [1.82, 2.24) is 0 Å². The molecule has 0 unspecified atom stereocenters. The van der Waals surface area contributed by atoms with Gasteiger partial charge in [0, 0.05) is 0 Å². The highest BCUT2D eigenvalue weighted by molar-refractivity contribution is 7.46. The lowest BCUT2D eigenvalue weighted by atomic mass is 10.1. The largest absolute Gasteiger partial charge is 0.469 e. The highest BCUT2D eigenvalue weighted by Crippen LogP contribution is 2.35. The van der Waals surface area contributed by atoms with Crippen LogP contribution in [0.4, 0.5) is 0 Å². The summed E-state index contributed by atoms with van der Waals surface area (Å²) >= 11 is 0. The Morgan fingerprint density at radius 3 is 1.89 bits per heavy atom. The van der Waals surface area contributed by atoms with Crippen LogP contribution in [-0.2, 0) is 9.09 Å². The molecule has 0 amide bonds. The van der Waals surface area contributed by atoms with Gasteiger partial charge in [-0.25, -0.2) is 4.57 Å².